The van der Waals surface area contributed by atoms with Gasteiger partial charge in [0.15, 0.2) is 5.69 Å². The molecule has 1 heterocycles. The van der Waals surface area contributed by atoms with Crippen molar-refractivity contribution in [3.63, 3.8) is 0 Å². The maximum Gasteiger partial charge on any atom is 0.356 e. The Morgan fingerprint density at radius 2 is 2.12 bits per heavy atom. The lowest BCUT2D eigenvalue weighted by atomic mass is 10.4. The van der Waals surface area contributed by atoms with Crippen LogP contribution in [-0.4, -0.2) is 48.8 Å². The summed E-state index contributed by atoms with van der Waals surface area (Å²) in [4.78, 5) is 17.9. The minimum absolute atomic E-state index is 0.105. The number of aromatic carboxylic acids is 1. The van der Waals surface area contributed by atoms with Crippen LogP contribution in [0.5, 0.6) is 0 Å². The van der Waals surface area contributed by atoms with Crippen LogP contribution in [0.15, 0.2) is 12.4 Å². The third-order valence-electron chi connectivity index (χ3n) is 1.86. The molecule has 9 heteroatoms. The van der Waals surface area contributed by atoms with Crippen LogP contribution in [0.1, 0.15) is 10.5 Å². The van der Waals surface area contributed by atoms with Gasteiger partial charge in [-0.25, -0.2) is 27.9 Å². The van der Waals surface area contributed by atoms with E-state index in [2.05, 4.69) is 20.0 Å². The van der Waals surface area contributed by atoms with Gasteiger partial charge in [0.2, 0.25) is 10.0 Å². The molecule has 0 spiro atoms. The number of aromatic nitrogens is 2. The van der Waals surface area contributed by atoms with E-state index >= 15 is 0 Å². The quantitative estimate of drug-likeness (QED) is 0.608. The van der Waals surface area contributed by atoms with E-state index in [1.54, 1.807) is 0 Å². The molecule has 0 aromatic carbocycles. The summed E-state index contributed by atoms with van der Waals surface area (Å²) in [6.07, 6.45) is 2.33. The van der Waals surface area contributed by atoms with Crippen molar-refractivity contribution >= 4 is 21.8 Å². The van der Waals surface area contributed by atoms with Crippen molar-refractivity contribution in [1.29, 1.82) is 0 Å². The minimum atomic E-state index is -3.27. The summed E-state index contributed by atoms with van der Waals surface area (Å²) in [5, 5.41) is 11.3. The molecule has 0 amide bonds. The van der Waals surface area contributed by atoms with Crippen LogP contribution in [0, 0.1) is 0 Å². The largest absolute Gasteiger partial charge is 0.476 e. The second-order valence-corrected chi connectivity index (χ2v) is 5.09. The van der Waals surface area contributed by atoms with Crippen molar-refractivity contribution in [1.82, 2.24) is 14.7 Å². The van der Waals surface area contributed by atoms with Gasteiger partial charge < -0.3 is 10.4 Å². The van der Waals surface area contributed by atoms with Crippen LogP contribution in [0.25, 0.3) is 0 Å². The molecule has 0 aliphatic heterocycles. The van der Waals surface area contributed by atoms with E-state index in [0.717, 1.165) is 6.20 Å². The van der Waals surface area contributed by atoms with E-state index < -0.39 is 16.0 Å². The van der Waals surface area contributed by atoms with Gasteiger partial charge >= 0.3 is 5.97 Å². The van der Waals surface area contributed by atoms with Gasteiger partial charge in [0, 0.05) is 6.54 Å². The molecule has 0 atom stereocenters. The highest BCUT2D eigenvalue weighted by Gasteiger charge is 2.07. The Balaban J connectivity index is 2.51. The molecule has 0 unspecified atom stereocenters. The van der Waals surface area contributed by atoms with Crippen LogP contribution < -0.4 is 10.0 Å². The molecular weight excluding hydrogens is 248 g/mol. The number of carbonyl (C=O) groups is 1. The number of rotatable bonds is 6. The number of carboxylic acids is 1. The van der Waals surface area contributed by atoms with E-state index in [-0.39, 0.29) is 18.0 Å². The predicted molar refractivity (Wildman–Crippen MR) is 60.3 cm³/mol. The Morgan fingerprint density at radius 1 is 1.41 bits per heavy atom. The van der Waals surface area contributed by atoms with Gasteiger partial charge in [-0.2, -0.15) is 0 Å². The first-order chi connectivity index (χ1) is 7.94. The Bertz CT molecular complexity index is 485. The zero-order chi connectivity index (χ0) is 12.9. The van der Waals surface area contributed by atoms with E-state index in [0.29, 0.717) is 5.82 Å². The number of carboxylic acid groups (broad SMARTS) is 1. The molecule has 0 aliphatic carbocycles. The topological polar surface area (TPSA) is 121 Å². The number of sulfonamides is 1. The van der Waals surface area contributed by atoms with E-state index in [1.165, 1.54) is 13.2 Å². The molecule has 0 saturated carbocycles. The summed E-state index contributed by atoms with van der Waals surface area (Å²) in [5.74, 6) is -0.950. The van der Waals surface area contributed by atoms with Gasteiger partial charge in [-0.1, -0.05) is 0 Å². The zero-order valence-corrected chi connectivity index (χ0v) is 9.86. The molecule has 0 aliphatic rings. The standard InChI is InChI=1S/C8H12N4O4S/c1-9-17(15,16)3-2-10-7-5-11-6(4-12-7)8(13)14/h4-5,9H,2-3H2,1H3,(H,10,12)(H,13,14). The molecule has 0 bridgehead atoms. The fourth-order valence-corrected chi connectivity index (χ4v) is 1.52. The van der Waals surface area contributed by atoms with Crippen LogP contribution >= 0.6 is 0 Å². The highest BCUT2D eigenvalue weighted by molar-refractivity contribution is 7.89. The van der Waals surface area contributed by atoms with Crippen LogP contribution in [0.4, 0.5) is 5.82 Å². The molecule has 0 radical (unpaired) electrons. The molecule has 1 aromatic rings. The van der Waals surface area contributed by atoms with Crippen LogP contribution in [0.2, 0.25) is 0 Å². The SMILES string of the molecule is CNS(=O)(=O)CCNc1cnc(C(=O)O)cn1. The highest BCUT2D eigenvalue weighted by Crippen LogP contribution is 2.00. The highest BCUT2D eigenvalue weighted by atomic mass is 32.2. The average molecular weight is 260 g/mol. The van der Waals surface area contributed by atoms with Crippen molar-refractivity contribution in [2.45, 2.75) is 0 Å². The number of nitrogens with one attached hydrogen (secondary N) is 2. The molecule has 3 N–H and O–H groups in total. The molecule has 0 fully saturated rings. The Labute approximate surface area is 98.1 Å². The third kappa shape index (κ3) is 4.33. The number of hydrogen-bond donors (Lipinski definition) is 3. The van der Waals surface area contributed by atoms with Gasteiger partial charge in [0.1, 0.15) is 5.82 Å². The summed E-state index contributed by atoms with van der Waals surface area (Å²) in [6, 6.07) is 0. The van der Waals surface area contributed by atoms with Crippen molar-refractivity contribution < 1.29 is 18.3 Å². The molecule has 1 rings (SSSR count). The first kappa shape index (κ1) is 13.3. The molecule has 0 saturated heterocycles. The van der Waals surface area contributed by atoms with Crippen LogP contribution in [0.3, 0.4) is 0 Å². The summed E-state index contributed by atoms with van der Waals surface area (Å²) < 4.78 is 24.3. The normalized spacial score (nSPS) is 11.1. The van der Waals surface area contributed by atoms with Gasteiger partial charge in [-0.15, -0.1) is 0 Å². The fourth-order valence-electron chi connectivity index (χ4n) is 0.945. The Kier molecular flexibility index (Phi) is 4.35. The number of nitrogens with zero attached hydrogens (tertiary/aromatic N) is 2. The van der Waals surface area contributed by atoms with Crippen LogP contribution in [-0.2, 0) is 10.0 Å². The number of hydrogen-bond acceptors (Lipinski definition) is 6. The monoisotopic (exact) mass is 260 g/mol. The minimum Gasteiger partial charge on any atom is -0.476 e. The molecular formula is C8H12N4O4S. The van der Waals surface area contributed by atoms with Crippen molar-refractivity contribution in [2.24, 2.45) is 0 Å². The number of anilines is 1. The smallest absolute Gasteiger partial charge is 0.356 e. The lowest BCUT2D eigenvalue weighted by Gasteiger charge is -2.05. The zero-order valence-electron chi connectivity index (χ0n) is 9.04. The third-order valence-corrected chi connectivity index (χ3v) is 3.22. The second kappa shape index (κ2) is 5.55. The predicted octanol–water partition coefficient (Wildman–Crippen LogP) is -0.864. The lowest BCUT2D eigenvalue weighted by molar-refractivity contribution is 0.0690. The van der Waals surface area contributed by atoms with E-state index in [4.69, 9.17) is 5.11 Å². The molecule has 94 valence electrons. The first-order valence-electron chi connectivity index (χ1n) is 4.65. The Hall–Kier alpha value is -1.74. The van der Waals surface area contributed by atoms with Crippen molar-refractivity contribution in [2.75, 3.05) is 24.7 Å². The maximum atomic E-state index is 11.1. The van der Waals surface area contributed by atoms with Crippen molar-refractivity contribution in [3.8, 4) is 0 Å². The summed E-state index contributed by atoms with van der Waals surface area (Å²) >= 11 is 0. The van der Waals surface area contributed by atoms with Gasteiger partial charge in [0.05, 0.1) is 18.1 Å². The molecule has 1 aromatic heterocycles. The summed E-state index contributed by atoms with van der Waals surface area (Å²) in [6.45, 7) is 0.157. The van der Waals surface area contributed by atoms with Gasteiger partial charge in [-0.3, -0.25) is 0 Å². The first-order valence-corrected chi connectivity index (χ1v) is 6.30. The van der Waals surface area contributed by atoms with E-state index in [1.807, 2.05) is 0 Å². The molecule has 17 heavy (non-hydrogen) atoms. The maximum absolute atomic E-state index is 11.1. The average Bonchev–Trinajstić information content (AvgIpc) is 2.29. The second-order valence-electron chi connectivity index (χ2n) is 3.04. The Morgan fingerprint density at radius 3 is 2.59 bits per heavy atom. The summed E-state index contributed by atoms with van der Waals surface area (Å²) in [7, 11) is -1.94. The van der Waals surface area contributed by atoms with E-state index in [9.17, 15) is 13.2 Å². The fraction of sp³-hybridized carbons (Fsp3) is 0.375. The van der Waals surface area contributed by atoms with Crippen molar-refractivity contribution in [3.05, 3.63) is 18.1 Å². The van der Waals surface area contributed by atoms with Gasteiger partial charge in [-0.05, 0) is 7.05 Å². The molecule has 8 nitrogen and oxygen atoms in total. The lowest BCUT2D eigenvalue weighted by Crippen LogP contribution is -2.26. The van der Waals surface area contributed by atoms with Gasteiger partial charge in [0.25, 0.3) is 0 Å². The summed E-state index contributed by atoms with van der Waals surface area (Å²) in [5.41, 5.74) is -0.168.